The molecule has 0 spiro atoms. The molecular formula is C16H18ClNO5S. The Bertz CT molecular complexity index is 773. The van der Waals surface area contributed by atoms with Crippen molar-refractivity contribution in [2.24, 2.45) is 0 Å². The number of methoxy groups -OCH3 is 2. The first-order valence-electron chi connectivity index (χ1n) is 7.06. The minimum Gasteiger partial charge on any atom is -0.496 e. The van der Waals surface area contributed by atoms with Crippen molar-refractivity contribution in [2.75, 3.05) is 27.4 Å². The van der Waals surface area contributed by atoms with Gasteiger partial charge in [0.25, 0.3) is 0 Å². The molecule has 0 aliphatic heterocycles. The van der Waals surface area contributed by atoms with Gasteiger partial charge in [-0.1, -0.05) is 23.7 Å². The van der Waals surface area contributed by atoms with Gasteiger partial charge in [-0.3, -0.25) is 0 Å². The maximum atomic E-state index is 12.2. The summed E-state index contributed by atoms with van der Waals surface area (Å²) in [5, 5.41) is 0.170. The van der Waals surface area contributed by atoms with Crippen molar-refractivity contribution in [3.05, 3.63) is 47.5 Å². The summed E-state index contributed by atoms with van der Waals surface area (Å²) in [4.78, 5) is 0.0368. The second-order valence-electron chi connectivity index (χ2n) is 4.73. The number of nitrogens with one attached hydrogen (secondary N) is 1. The normalized spacial score (nSPS) is 11.1. The summed E-state index contributed by atoms with van der Waals surface area (Å²) in [6.45, 7) is 0.229. The summed E-state index contributed by atoms with van der Waals surface area (Å²) in [5.41, 5.74) is 0. The number of rotatable bonds is 8. The third kappa shape index (κ3) is 4.77. The summed E-state index contributed by atoms with van der Waals surface area (Å²) >= 11 is 5.91. The average Bonchev–Trinajstić information content (AvgIpc) is 2.58. The van der Waals surface area contributed by atoms with Crippen LogP contribution in [0, 0.1) is 0 Å². The highest BCUT2D eigenvalue weighted by Crippen LogP contribution is 2.27. The fourth-order valence-corrected chi connectivity index (χ4v) is 3.48. The lowest BCUT2D eigenvalue weighted by atomic mass is 10.3. The second-order valence-corrected chi connectivity index (χ2v) is 6.87. The Morgan fingerprint density at radius 2 is 1.58 bits per heavy atom. The molecule has 0 aromatic heterocycles. The Hall–Kier alpha value is -1.96. The molecule has 0 aliphatic carbocycles. The zero-order valence-electron chi connectivity index (χ0n) is 13.3. The lowest BCUT2D eigenvalue weighted by Gasteiger charge is -2.11. The third-order valence-corrected chi connectivity index (χ3v) is 5.07. The standard InChI is InChI=1S/C16H18ClNO5S/c1-21-12-9-13(22-2)11-14(10-12)23-8-7-18-24(19,20)16-6-4-3-5-15(16)17/h3-6,9-11,18H,7-8H2,1-2H3. The molecule has 0 saturated heterocycles. The van der Waals surface area contributed by atoms with E-state index in [0.29, 0.717) is 17.2 Å². The SMILES string of the molecule is COc1cc(OC)cc(OCCNS(=O)(=O)c2ccccc2Cl)c1. The fraction of sp³-hybridized carbons (Fsp3) is 0.250. The third-order valence-electron chi connectivity index (χ3n) is 3.11. The number of hydrogen-bond donors (Lipinski definition) is 1. The first-order valence-corrected chi connectivity index (χ1v) is 8.92. The fourth-order valence-electron chi connectivity index (χ4n) is 1.95. The highest BCUT2D eigenvalue weighted by Gasteiger charge is 2.16. The zero-order valence-corrected chi connectivity index (χ0v) is 14.9. The average molecular weight is 372 g/mol. The van der Waals surface area contributed by atoms with E-state index in [1.807, 2.05) is 0 Å². The molecule has 24 heavy (non-hydrogen) atoms. The molecule has 6 nitrogen and oxygen atoms in total. The van der Waals surface area contributed by atoms with Crippen molar-refractivity contribution in [1.82, 2.24) is 4.72 Å². The Morgan fingerprint density at radius 1 is 1.00 bits per heavy atom. The van der Waals surface area contributed by atoms with Crippen LogP contribution in [0.15, 0.2) is 47.4 Å². The molecule has 0 fully saturated rings. The second kappa shape index (κ2) is 8.23. The molecule has 0 atom stereocenters. The van der Waals surface area contributed by atoms with Gasteiger partial charge in [-0.2, -0.15) is 0 Å². The number of ether oxygens (including phenoxy) is 3. The Balaban J connectivity index is 1.94. The highest BCUT2D eigenvalue weighted by molar-refractivity contribution is 7.89. The molecule has 0 aliphatic rings. The van der Waals surface area contributed by atoms with Gasteiger partial charge in [0.2, 0.25) is 10.0 Å². The topological polar surface area (TPSA) is 73.9 Å². The van der Waals surface area contributed by atoms with E-state index in [1.165, 1.54) is 26.4 Å². The van der Waals surface area contributed by atoms with Crippen LogP contribution < -0.4 is 18.9 Å². The summed E-state index contributed by atoms with van der Waals surface area (Å²) in [6.07, 6.45) is 0. The van der Waals surface area contributed by atoms with Crippen LogP contribution in [0.2, 0.25) is 5.02 Å². The van der Waals surface area contributed by atoms with Gasteiger partial charge in [0, 0.05) is 24.7 Å². The molecule has 0 amide bonds. The van der Waals surface area contributed by atoms with E-state index >= 15 is 0 Å². The van der Waals surface area contributed by atoms with Crippen LogP contribution in [-0.2, 0) is 10.0 Å². The molecule has 0 radical (unpaired) electrons. The van der Waals surface area contributed by atoms with Crippen LogP contribution in [0.1, 0.15) is 0 Å². The van der Waals surface area contributed by atoms with Gasteiger partial charge in [-0.25, -0.2) is 13.1 Å². The van der Waals surface area contributed by atoms with E-state index in [-0.39, 0.29) is 23.1 Å². The molecule has 0 unspecified atom stereocenters. The van der Waals surface area contributed by atoms with Crippen molar-refractivity contribution in [3.63, 3.8) is 0 Å². The quantitative estimate of drug-likeness (QED) is 0.722. The molecule has 130 valence electrons. The zero-order chi connectivity index (χ0) is 17.6. The Labute approximate surface area is 146 Å². The van der Waals surface area contributed by atoms with Crippen molar-refractivity contribution < 1.29 is 22.6 Å². The number of sulfonamides is 1. The van der Waals surface area contributed by atoms with Crippen LogP contribution in [0.25, 0.3) is 0 Å². The van der Waals surface area contributed by atoms with E-state index in [0.717, 1.165) is 0 Å². The molecule has 1 N–H and O–H groups in total. The van der Waals surface area contributed by atoms with E-state index < -0.39 is 10.0 Å². The van der Waals surface area contributed by atoms with E-state index in [2.05, 4.69) is 4.72 Å². The highest BCUT2D eigenvalue weighted by atomic mass is 35.5. The lowest BCUT2D eigenvalue weighted by molar-refractivity contribution is 0.316. The Morgan fingerprint density at radius 3 is 2.17 bits per heavy atom. The molecular weight excluding hydrogens is 354 g/mol. The smallest absolute Gasteiger partial charge is 0.242 e. The van der Waals surface area contributed by atoms with Gasteiger partial charge >= 0.3 is 0 Å². The molecule has 2 aromatic rings. The van der Waals surface area contributed by atoms with E-state index in [9.17, 15) is 8.42 Å². The maximum Gasteiger partial charge on any atom is 0.242 e. The molecule has 0 heterocycles. The van der Waals surface area contributed by atoms with Crippen LogP contribution in [0.5, 0.6) is 17.2 Å². The minimum absolute atomic E-state index is 0.0368. The molecule has 0 bridgehead atoms. The van der Waals surface area contributed by atoms with Gasteiger partial charge in [0.1, 0.15) is 28.8 Å². The van der Waals surface area contributed by atoms with E-state index in [4.69, 9.17) is 25.8 Å². The Kier molecular flexibility index (Phi) is 6.30. The van der Waals surface area contributed by atoms with Crippen molar-refractivity contribution >= 4 is 21.6 Å². The summed E-state index contributed by atoms with van der Waals surface area (Å²) in [5.74, 6) is 1.69. The summed E-state index contributed by atoms with van der Waals surface area (Å²) in [7, 11) is -0.606. The van der Waals surface area contributed by atoms with Crippen LogP contribution in [0.4, 0.5) is 0 Å². The predicted octanol–water partition coefficient (Wildman–Crippen LogP) is 2.71. The van der Waals surface area contributed by atoms with Gasteiger partial charge in [0.15, 0.2) is 0 Å². The molecule has 2 rings (SSSR count). The minimum atomic E-state index is -3.68. The number of halogens is 1. The first kappa shape index (κ1) is 18.4. The van der Waals surface area contributed by atoms with Crippen LogP contribution in [0.3, 0.4) is 0 Å². The summed E-state index contributed by atoms with van der Waals surface area (Å²) in [6, 6.07) is 11.3. The number of benzene rings is 2. The van der Waals surface area contributed by atoms with Crippen molar-refractivity contribution in [1.29, 1.82) is 0 Å². The van der Waals surface area contributed by atoms with Gasteiger partial charge < -0.3 is 14.2 Å². The van der Waals surface area contributed by atoms with Gasteiger partial charge in [0.05, 0.1) is 19.2 Å². The van der Waals surface area contributed by atoms with Crippen LogP contribution in [-0.4, -0.2) is 35.8 Å². The molecule has 0 saturated carbocycles. The van der Waals surface area contributed by atoms with Gasteiger partial charge in [-0.05, 0) is 12.1 Å². The molecule has 2 aromatic carbocycles. The molecule has 8 heteroatoms. The predicted molar refractivity (Wildman–Crippen MR) is 91.7 cm³/mol. The van der Waals surface area contributed by atoms with Crippen molar-refractivity contribution in [2.45, 2.75) is 4.90 Å². The monoisotopic (exact) mass is 371 g/mol. The first-order chi connectivity index (χ1) is 11.5. The van der Waals surface area contributed by atoms with Crippen molar-refractivity contribution in [3.8, 4) is 17.2 Å². The van der Waals surface area contributed by atoms with Crippen LogP contribution >= 0.6 is 11.6 Å². The number of hydrogen-bond acceptors (Lipinski definition) is 5. The summed E-state index contributed by atoms with van der Waals surface area (Å²) < 4.78 is 42.6. The lowest BCUT2D eigenvalue weighted by Crippen LogP contribution is -2.28. The van der Waals surface area contributed by atoms with E-state index in [1.54, 1.807) is 30.3 Å². The van der Waals surface area contributed by atoms with Gasteiger partial charge in [-0.15, -0.1) is 0 Å². The maximum absolute atomic E-state index is 12.2. The largest absolute Gasteiger partial charge is 0.496 e.